The van der Waals surface area contributed by atoms with Gasteiger partial charge in [-0.25, -0.2) is 0 Å². The first-order valence-electron chi connectivity index (χ1n) is 1.82. The number of rotatable bonds is 0. The molecule has 1 aliphatic rings. The van der Waals surface area contributed by atoms with Gasteiger partial charge in [-0.3, -0.25) is 9.41 Å². The van der Waals surface area contributed by atoms with E-state index >= 15 is 0 Å². The van der Waals surface area contributed by atoms with Crippen molar-refractivity contribution in [3.63, 3.8) is 0 Å². The Morgan fingerprint density at radius 3 is 2.83 bits per heavy atom. The number of aliphatic imine (C=N–C) groups is 1. The van der Waals surface area contributed by atoms with Crippen molar-refractivity contribution in [2.75, 3.05) is 13.1 Å². The van der Waals surface area contributed by atoms with E-state index < -0.39 is 0 Å². The lowest BCUT2D eigenvalue weighted by molar-refractivity contribution is 0.730. The molecule has 0 aromatic rings. The largest absolute Gasteiger partial charge is 0.274 e. The summed E-state index contributed by atoms with van der Waals surface area (Å²) in [6.45, 7) is 1.71. The minimum absolute atomic E-state index is 0.851. The zero-order chi connectivity index (χ0) is 4.41. The maximum absolute atomic E-state index is 5.40. The lowest BCUT2D eigenvalue weighted by Gasteiger charge is -1.94. The second-order valence-corrected chi connectivity index (χ2v) is 1.58. The highest BCUT2D eigenvalue weighted by Crippen LogP contribution is 1.93. The topological polar surface area (TPSA) is 15.6 Å². The molecule has 0 saturated heterocycles. The van der Waals surface area contributed by atoms with Crippen LogP contribution in [-0.2, 0) is 0 Å². The molecule has 0 N–H and O–H groups in total. The van der Waals surface area contributed by atoms with E-state index in [-0.39, 0.29) is 0 Å². The minimum Gasteiger partial charge on any atom is -0.274 e. The van der Waals surface area contributed by atoms with Crippen LogP contribution in [0.3, 0.4) is 0 Å². The van der Waals surface area contributed by atoms with Crippen LogP contribution in [0.1, 0.15) is 0 Å². The van der Waals surface area contributed by atoms with E-state index in [0.29, 0.717) is 0 Å². The molecule has 0 radical (unpaired) electrons. The molecule has 0 fully saturated rings. The molecule has 1 aliphatic heterocycles. The molecule has 0 amide bonds. The molecule has 0 spiro atoms. The van der Waals surface area contributed by atoms with E-state index in [4.69, 9.17) is 11.8 Å². The van der Waals surface area contributed by atoms with Gasteiger partial charge in [0.15, 0.2) is 0 Å². The summed E-state index contributed by atoms with van der Waals surface area (Å²) in [6, 6.07) is 0. The summed E-state index contributed by atoms with van der Waals surface area (Å²) in [5.74, 6) is 0. The Kier molecular flexibility index (Phi) is 0.965. The second kappa shape index (κ2) is 1.47. The number of halogens is 1. The molecule has 2 nitrogen and oxygen atoms in total. The van der Waals surface area contributed by atoms with Crippen molar-refractivity contribution in [2.45, 2.75) is 0 Å². The van der Waals surface area contributed by atoms with Crippen LogP contribution in [0.5, 0.6) is 0 Å². The van der Waals surface area contributed by atoms with Gasteiger partial charge in [0.25, 0.3) is 0 Å². The molecule has 1 heterocycles. The van der Waals surface area contributed by atoms with Crippen LogP contribution in [0.4, 0.5) is 0 Å². The van der Waals surface area contributed by atoms with Crippen molar-refractivity contribution >= 4 is 18.1 Å². The van der Waals surface area contributed by atoms with Gasteiger partial charge < -0.3 is 0 Å². The Labute approximate surface area is 41.5 Å². The lowest BCUT2D eigenvalue weighted by atomic mass is 10.7. The Bertz CT molecular complexity index is 71.2. The lowest BCUT2D eigenvalue weighted by Crippen LogP contribution is -2.03. The Morgan fingerprint density at radius 1 is 1.83 bits per heavy atom. The first-order valence-corrected chi connectivity index (χ1v) is 2.16. The van der Waals surface area contributed by atoms with Crippen molar-refractivity contribution < 1.29 is 0 Å². The van der Waals surface area contributed by atoms with Crippen molar-refractivity contribution in [3.8, 4) is 0 Å². The predicted octanol–water partition coefficient (Wildman–Crippen LogP) is 0.484. The Balaban J connectivity index is 2.38. The summed E-state index contributed by atoms with van der Waals surface area (Å²) in [4.78, 5) is 3.83. The van der Waals surface area contributed by atoms with Gasteiger partial charge in [0.2, 0.25) is 0 Å². The Morgan fingerprint density at radius 2 is 2.67 bits per heavy atom. The Hall–Kier alpha value is -0.240. The minimum atomic E-state index is 0.851. The van der Waals surface area contributed by atoms with Gasteiger partial charge in [-0.15, -0.1) is 0 Å². The third-order valence-corrected chi connectivity index (χ3v) is 0.906. The van der Waals surface area contributed by atoms with E-state index in [0.717, 1.165) is 13.1 Å². The highest BCUT2D eigenvalue weighted by atomic mass is 35.5. The van der Waals surface area contributed by atoms with Crippen LogP contribution < -0.4 is 0 Å². The van der Waals surface area contributed by atoms with E-state index in [1.165, 1.54) is 0 Å². The van der Waals surface area contributed by atoms with Crippen LogP contribution in [0.25, 0.3) is 0 Å². The summed E-state index contributed by atoms with van der Waals surface area (Å²) >= 11 is 5.40. The molecule has 3 heteroatoms. The van der Waals surface area contributed by atoms with Crippen LogP contribution >= 0.6 is 11.8 Å². The van der Waals surface area contributed by atoms with E-state index in [1.54, 1.807) is 10.8 Å². The molecule has 0 saturated carbocycles. The standard InChI is InChI=1S/C3H5ClN2/c4-6-2-1-5-3-6/h3H,1-2H2. The molecule has 0 aliphatic carbocycles. The zero-order valence-electron chi connectivity index (χ0n) is 3.26. The van der Waals surface area contributed by atoms with Gasteiger partial charge >= 0.3 is 0 Å². The number of hydrogen-bond acceptors (Lipinski definition) is 2. The summed E-state index contributed by atoms with van der Waals surface area (Å²) < 4.78 is 1.54. The maximum atomic E-state index is 5.40. The predicted molar refractivity (Wildman–Crippen MR) is 25.9 cm³/mol. The summed E-state index contributed by atoms with van der Waals surface area (Å²) in [5.41, 5.74) is 0. The summed E-state index contributed by atoms with van der Waals surface area (Å²) in [5, 5.41) is 0. The normalized spacial score (nSPS) is 19.8. The molecule has 0 atom stereocenters. The van der Waals surface area contributed by atoms with Crippen molar-refractivity contribution in [3.05, 3.63) is 0 Å². The molecule has 34 valence electrons. The molecule has 1 rings (SSSR count). The van der Waals surface area contributed by atoms with Gasteiger partial charge in [-0.05, 0) is 0 Å². The first kappa shape index (κ1) is 3.93. The molecule has 0 unspecified atom stereocenters. The van der Waals surface area contributed by atoms with Crippen molar-refractivity contribution in [1.82, 2.24) is 4.42 Å². The summed E-state index contributed by atoms with van der Waals surface area (Å²) in [7, 11) is 0. The van der Waals surface area contributed by atoms with Crippen LogP contribution in [0.2, 0.25) is 0 Å². The average molecular weight is 105 g/mol. The fourth-order valence-electron chi connectivity index (χ4n) is 0.357. The average Bonchev–Trinajstić information content (AvgIpc) is 1.86. The molecule has 0 bridgehead atoms. The number of hydrogen-bond donors (Lipinski definition) is 0. The van der Waals surface area contributed by atoms with Gasteiger partial charge in [0.1, 0.15) is 0 Å². The quantitative estimate of drug-likeness (QED) is 0.409. The van der Waals surface area contributed by atoms with E-state index in [1.807, 2.05) is 0 Å². The molecular formula is C3H5ClN2. The van der Waals surface area contributed by atoms with Crippen LogP contribution in [0, 0.1) is 0 Å². The first-order chi connectivity index (χ1) is 2.89. The highest BCUT2D eigenvalue weighted by molar-refractivity contribution is 6.19. The fraction of sp³-hybridized carbons (Fsp3) is 0.667. The van der Waals surface area contributed by atoms with Gasteiger partial charge in [-0.1, -0.05) is 0 Å². The van der Waals surface area contributed by atoms with E-state index in [9.17, 15) is 0 Å². The van der Waals surface area contributed by atoms with Crippen LogP contribution in [-0.4, -0.2) is 23.8 Å². The van der Waals surface area contributed by atoms with Gasteiger partial charge in [0, 0.05) is 11.8 Å². The third-order valence-electron chi connectivity index (χ3n) is 0.650. The van der Waals surface area contributed by atoms with Crippen molar-refractivity contribution in [2.24, 2.45) is 4.99 Å². The molecule has 6 heavy (non-hydrogen) atoms. The van der Waals surface area contributed by atoms with E-state index in [2.05, 4.69) is 4.99 Å². The SMILES string of the molecule is ClN1C=NCC1. The van der Waals surface area contributed by atoms with Crippen LogP contribution in [0.15, 0.2) is 4.99 Å². The fourth-order valence-corrected chi connectivity index (χ4v) is 0.495. The molecule has 0 aromatic heterocycles. The zero-order valence-corrected chi connectivity index (χ0v) is 4.02. The number of nitrogens with zero attached hydrogens (tertiary/aromatic N) is 2. The monoisotopic (exact) mass is 104 g/mol. The van der Waals surface area contributed by atoms with Crippen molar-refractivity contribution in [1.29, 1.82) is 0 Å². The second-order valence-electron chi connectivity index (χ2n) is 1.14. The van der Waals surface area contributed by atoms with Gasteiger partial charge in [0.05, 0.1) is 19.4 Å². The smallest absolute Gasteiger partial charge is 0.0997 e. The molecular weight excluding hydrogens is 99.5 g/mol. The maximum Gasteiger partial charge on any atom is 0.0997 e. The van der Waals surface area contributed by atoms with Gasteiger partial charge in [-0.2, -0.15) is 0 Å². The third kappa shape index (κ3) is 0.627. The molecule has 0 aromatic carbocycles. The summed E-state index contributed by atoms with van der Waals surface area (Å²) in [6.07, 6.45) is 1.63. The highest BCUT2D eigenvalue weighted by Gasteiger charge is 1.97.